The number of carbonyl (C=O) groups excluding carboxylic acids is 1. The van der Waals surface area contributed by atoms with E-state index in [-0.39, 0.29) is 24.6 Å². The molecule has 0 aliphatic rings. The minimum absolute atomic E-state index is 0.0262. The highest BCUT2D eigenvalue weighted by Crippen LogP contribution is 2.26. The molecule has 0 bridgehead atoms. The molecule has 2 aromatic carbocycles. The second-order valence-corrected chi connectivity index (χ2v) is 8.94. The van der Waals surface area contributed by atoms with Crippen molar-refractivity contribution in [2.24, 2.45) is 0 Å². The monoisotopic (exact) mass is 484 g/mol. The maximum absolute atomic E-state index is 13.6. The standard InChI is InChI=1S/C27H28N6O3/c1-4-7-22-30-24(36-31-22)15-32-16-28-25-20-12-17(3)10-11-21(20)33(26(25)27(32)35)14-23(34)29-19-9-6-8-18(5-2)13-19/h6,8-13,16H,4-5,7,14-15H2,1-3H3,(H,29,34). The molecule has 0 fully saturated rings. The van der Waals surface area contributed by atoms with E-state index in [9.17, 15) is 9.59 Å². The number of nitrogens with zero attached hydrogens (tertiary/aromatic N) is 5. The Morgan fingerprint density at radius 3 is 2.81 bits per heavy atom. The Morgan fingerprint density at radius 1 is 1.14 bits per heavy atom. The molecule has 5 aromatic rings. The summed E-state index contributed by atoms with van der Waals surface area (Å²) in [5.74, 6) is 0.732. The van der Waals surface area contributed by atoms with Crippen molar-refractivity contribution in [2.45, 2.75) is 53.1 Å². The molecule has 9 heteroatoms. The molecule has 3 heterocycles. The van der Waals surface area contributed by atoms with E-state index in [0.29, 0.717) is 29.2 Å². The van der Waals surface area contributed by atoms with Crippen LogP contribution in [0.1, 0.15) is 43.1 Å². The van der Waals surface area contributed by atoms with Crippen LogP contribution in [-0.4, -0.2) is 30.2 Å². The predicted molar refractivity (Wildman–Crippen MR) is 138 cm³/mol. The number of amides is 1. The number of rotatable bonds is 8. The Bertz CT molecular complexity index is 1630. The summed E-state index contributed by atoms with van der Waals surface area (Å²) < 4.78 is 8.51. The number of benzene rings is 2. The van der Waals surface area contributed by atoms with Crippen molar-refractivity contribution in [3.05, 3.63) is 82.0 Å². The Kier molecular flexibility index (Phi) is 6.37. The van der Waals surface area contributed by atoms with E-state index in [2.05, 4.69) is 27.4 Å². The Hall–Kier alpha value is -4.27. The van der Waals surface area contributed by atoms with Crippen molar-refractivity contribution in [1.29, 1.82) is 0 Å². The first-order valence-corrected chi connectivity index (χ1v) is 12.1. The molecule has 1 amide bonds. The normalized spacial score (nSPS) is 11.4. The third-order valence-electron chi connectivity index (χ3n) is 6.19. The largest absolute Gasteiger partial charge is 0.337 e. The minimum Gasteiger partial charge on any atom is -0.337 e. The Labute approximate surface area is 207 Å². The number of anilines is 1. The lowest BCUT2D eigenvalue weighted by atomic mass is 10.1. The van der Waals surface area contributed by atoms with Crippen molar-refractivity contribution in [2.75, 3.05) is 5.32 Å². The molecule has 3 aromatic heterocycles. The van der Waals surface area contributed by atoms with Crippen molar-refractivity contribution in [3.8, 4) is 0 Å². The summed E-state index contributed by atoms with van der Waals surface area (Å²) in [6.45, 7) is 6.17. The average Bonchev–Trinajstić information content (AvgIpc) is 3.43. The fraction of sp³-hybridized carbons (Fsp3) is 0.296. The number of carbonyl (C=O) groups is 1. The van der Waals surface area contributed by atoms with Gasteiger partial charge in [-0.2, -0.15) is 4.98 Å². The lowest BCUT2D eigenvalue weighted by molar-refractivity contribution is -0.116. The number of hydrogen-bond acceptors (Lipinski definition) is 6. The fourth-order valence-electron chi connectivity index (χ4n) is 4.43. The van der Waals surface area contributed by atoms with Gasteiger partial charge in [-0.1, -0.05) is 42.8 Å². The first-order chi connectivity index (χ1) is 17.5. The molecular weight excluding hydrogens is 456 g/mol. The molecular formula is C27H28N6O3. The third-order valence-corrected chi connectivity index (χ3v) is 6.19. The first kappa shape index (κ1) is 23.5. The smallest absolute Gasteiger partial charge is 0.278 e. The van der Waals surface area contributed by atoms with E-state index in [1.165, 1.54) is 10.9 Å². The maximum atomic E-state index is 13.6. The van der Waals surface area contributed by atoms with Crippen LogP contribution in [0.2, 0.25) is 0 Å². The summed E-state index contributed by atoms with van der Waals surface area (Å²) in [4.78, 5) is 35.7. The van der Waals surface area contributed by atoms with Crippen LogP contribution < -0.4 is 10.9 Å². The molecule has 0 aliphatic heterocycles. The van der Waals surface area contributed by atoms with Crippen LogP contribution in [0.15, 0.2) is 58.1 Å². The van der Waals surface area contributed by atoms with E-state index >= 15 is 0 Å². The van der Waals surface area contributed by atoms with E-state index in [0.717, 1.165) is 40.6 Å². The Morgan fingerprint density at radius 2 is 2.00 bits per heavy atom. The molecule has 0 spiro atoms. The summed E-state index contributed by atoms with van der Waals surface area (Å²) >= 11 is 0. The SMILES string of the molecule is CCCc1noc(Cn2cnc3c4cc(C)ccc4n(CC(=O)Nc4cccc(CC)c4)c3c2=O)n1. The molecule has 0 saturated heterocycles. The first-order valence-electron chi connectivity index (χ1n) is 12.1. The lowest BCUT2D eigenvalue weighted by Gasteiger charge is -2.10. The van der Waals surface area contributed by atoms with Gasteiger partial charge < -0.3 is 14.4 Å². The van der Waals surface area contributed by atoms with Gasteiger partial charge in [0.25, 0.3) is 5.56 Å². The van der Waals surface area contributed by atoms with Crippen LogP contribution in [0.5, 0.6) is 0 Å². The van der Waals surface area contributed by atoms with Crippen molar-refractivity contribution in [3.63, 3.8) is 0 Å². The average molecular weight is 485 g/mol. The number of nitrogens with one attached hydrogen (secondary N) is 1. The molecule has 1 N–H and O–H groups in total. The number of fused-ring (bicyclic) bond motifs is 3. The zero-order valence-corrected chi connectivity index (χ0v) is 20.6. The summed E-state index contributed by atoms with van der Waals surface area (Å²) in [7, 11) is 0. The lowest BCUT2D eigenvalue weighted by Crippen LogP contribution is -2.25. The van der Waals surface area contributed by atoms with Crippen LogP contribution in [0.25, 0.3) is 21.9 Å². The molecule has 0 aliphatic carbocycles. The van der Waals surface area contributed by atoms with Gasteiger partial charge in [0.05, 0.1) is 11.8 Å². The maximum Gasteiger partial charge on any atom is 0.278 e. The van der Waals surface area contributed by atoms with E-state index in [1.54, 1.807) is 4.57 Å². The number of hydrogen-bond donors (Lipinski definition) is 1. The molecule has 0 radical (unpaired) electrons. The van der Waals surface area contributed by atoms with Gasteiger partial charge in [0.1, 0.15) is 24.1 Å². The van der Waals surface area contributed by atoms with Crippen LogP contribution in [0, 0.1) is 6.92 Å². The second-order valence-electron chi connectivity index (χ2n) is 8.94. The second kappa shape index (κ2) is 9.77. The third kappa shape index (κ3) is 4.51. The highest BCUT2D eigenvalue weighted by Gasteiger charge is 2.19. The van der Waals surface area contributed by atoms with Gasteiger partial charge in [-0.25, -0.2) is 4.98 Å². The summed E-state index contributed by atoms with van der Waals surface area (Å²) in [5.41, 5.74) is 4.34. The van der Waals surface area contributed by atoms with E-state index in [4.69, 9.17) is 4.52 Å². The van der Waals surface area contributed by atoms with Crippen LogP contribution in [0.3, 0.4) is 0 Å². The predicted octanol–water partition coefficient (Wildman–Crippen LogP) is 4.24. The van der Waals surface area contributed by atoms with Crippen LogP contribution >= 0.6 is 0 Å². The number of aromatic nitrogens is 5. The van der Waals surface area contributed by atoms with E-state index < -0.39 is 0 Å². The topological polar surface area (TPSA) is 108 Å². The minimum atomic E-state index is -0.273. The van der Waals surface area contributed by atoms with Gasteiger partial charge >= 0.3 is 0 Å². The molecule has 0 unspecified atom stereocenters. The summed E-state index contributed by atoms with van der Waals surface area (Å²) in [6.07, 6.45) is 3.98. The summed E-state index contributed by atoms with van der Waals surface area (Å²) in [5, 5.41) is 7.76. The quantitative estimate of drug-likeness (QED) is 0.353. The van der Waals surface area contributed by atoms with Gasteiger partial charge in [-0.15, -0.1) is 0 Å². The van der Waals surface area contributed by atoms with Crippen molar-refractivity contribution < 1.29 is 9.32 Å². The Balaban J connectivity index is 1.55. The highest BCUT2D eigenvalue weighted by molar-refractivity contribution is 6.06. The zero-order chi connectivity index (χ0) is 25.2. The molecule has 5 rings (SSSR count). The van der Waals surface area contributed by atoms with Gasteiger partial charge in [-0.05, 0) is 49.6 Å². The van der Waals surface area contributed by atoms with Crippen LogP contribution in [0.4, 0.5) is 5.69 Å². The van der Waals surface area contributed by atoms with Gasteiger partial charge in [0.15, 0.2) is 5.82 Å². The van der Waals surface area contributed by atoms with Gasteiger partial charge in [0, 0.05) is 17.5 Å². The molecule has 184 valence electrons. The van der Waals surface area contributed by atoms with E-state index in [1.807, 2.05) is 56.3 Å². The van der Waals surface area contributed by atoms with Gasteiger partial charge in [0.2, 0.25) is 11.8 Å². The van der Waals surface area contributed by atoms with Crippen molar-refractivity contribution in [1.82, 2.24) is 24.3 Å². The molecule has 36 heavy (non-hydrogen) atoms. The highest BCUT2D eigenvalue weighted by atomic mass is 16.5. The molecule has 0 atom stereocenters. The molecule has 0 saturated carbocycles. The van der Waals surface area contributed by atoms with Crippen molar-refractivity contribution >= 4 is 33.5 Å². The van der Waals surface area contributed by atoms with Crippen LogP contribution in [-0.2, 0) is 30.7 Å². The molecule has 9 nitrogen and oxygen atoms in total. The summed E-state index contributed by atoms with van der Waals surface area (Å²) in [6, 6.07) is 13.6. The number of aryl methyl sites for hydroxylation is 3. The van der Waals surface area contributed by atoms with Gasteiger partial charge in [-0.3, -0.25) is 14.2 Å². The fourth-order valence-corrected chi connectivity index (χ4v) is 4.43. The zero-order valence-electron chi connectivity index (χ0n) is 20.6.